The first-order valence-corrected chi connectivity index (χ1v) is 15.3. The van der Waals surface area contributed by atoms with Crippen molar-refractivity contribution in [2.75, 3.05) is 20.8 Å². The highest BCUT2D eigenvalue weighted by Gasteiger charge is 2.12. The van der Waals surface area contributed by atoms with Gasteiger partial charge in [-0.1, -0.05) is 109 Å². The van der Waals surface area contributed by atoms with Crippen molar-refractivity contribution in [1.82, 2.24) is 0 Å². The molecule has 0 aromatic carbocycles. The molecule has 0 amide bonds. The van der Waals surface area contributed by atoms with Gasteiger partial charge in [0.2, 0.25) is 0 Å². The zero-order valence-electron chi connectivity index (χ0n) is 31.2. The van der Waals surface area contributed by atoms with Gasteiger partial charge in [-0.2, -0.15) is 0 Å². The lowest BCUT2D eigenvalue weighted by molar-refractivity contribution is 0.103. The van der Waals surface area contributed by atoms with Gasteiger partial charge in [0.25, 0.3) is 0 Å². The predicted molar refractivity (Wildman–Crippen MR) is 206 cm³/mol. The third-order valence-corrected chi connectivity index (χ3v) is 4.99. The van der Waals surface area contributed by atoms with E-state index in [2.05, 4.69) is 106 Å². The number of allylic oxidation sites excluding steroid dienone is 11. The summed E-state index contributed by atoms with van der Waals surface area (Å²) in [6.07, 6.45) is 22.2. The second-order valence-electron chi connectivity index (χ2n) is 10.6. The Labute approximate surface area is 280 Å². The molecule has 0 aromatic rings. The average molecular weight is 635 g/mol. The minimum Gasteiger partial charge on any atom is -0.400 e. The molecule has 5 heteroatoms. The van der Waals surface area contributed by atoms with Gasteiger partial charge >= 0.3 is 0 Å². The van der Waals surface area contributed by atoms with Crippen LogP contribution in [0.2, 0.25) is 0 Å². The summed E-state index contributed by atoms with van der Waals surface area (Å²) < 4.78 is 0. The van der Waals surface area contributed by atoms with E-state index < -0.39 is 5.60 Å². The van der Waals surface area contributed by atoms with Gasteiger partial charge in [0.1, 0.15) is 0 Å². The number of hydrogen-bond acceptors (Lipinski definition) is 5. The molecule has 0 aromatic heterocycles. The lowest BCUT2D eigenvalue weighted by atomic mass is 10.00. The third-order valence-electron chi connectivity index (χ3n) is 4.99. The van der Waals surface area contributed by atoms with Crippen LogP contribution in [0.15, 0.2) is 122 Å². The largest absolute Gasteiger partial charge is 0.400 e. The molecule has 0 saturated heterocycles. The average Bonchev–Trinajstić information content (AvgIpc) is 2.99. The standard InChI is InChI=1S/2C10H18O.C10H16.C4H8O.C4H6.2CH4O/c1-9(2)5-4-6-10(3)7-8-11;1-5-10(4,11)8-6-7-9(2)3;1-5-10(4)8-6-7-9(2)3;1-3-4(2)5;1-3-4-2;2*1-2/h5,7,11H,4,6,8H2,1-3H3;5,7,11H,1,6,8H2,2-4H3;5,7H,1,4,6,8H2,2-3H3;3-5H,1H2,2H3;3-4H,1-2H2;2*2H,1H3/b10-7+;;;;;;. The Hall–Kier alpha value is -2.80. The molecule has 264 valence electrons. The van der Waals surface area contributed by atoms with Crippen LogP contribution in [0.5, 0.6) is 0 Å². The minimum absolute atomic E-state index is 0.167. The van der Waals surface area contributed by atoms with Crippen molar-refractivity contribution >= 4 is 0 Å². The van der Waals surface area contributed by atoms with Crippen molar-refractivity contribution in [3.05, 3.63) is 122 Å². The lowest BCUT2D eigenvalue weighted by Crippen LogP contribution is -2.19. The van der Waals surface area contributed by atoms with Gasteiger partial charge in [0.05, 0.1) is 18.3 Å². The van der Waals surface area contributed by atoms with Gasteiger partial charge in [-0.25, -0.2) is 0 Å². The van der Waals surface area contributed by atoms with E-state index >= 15 is 0 Å². The van der Waals surface area contributed by atoms with Crippen LogP contribution in [0.1, 0.15) is 101 Å². The van der Waals surface area contributed by atoms with E-state index in [0.29, 0.717) is 0 Å². The summed E-state index contributed by atoms with van der Waals surface area (Å²) in [5.41, 5.74) is 5.72. The number of aliphatic hydroxyl groups excluding tert-OH is 4. The van der Waals surface area contributed by atoms with Crippen molar-refractivity contribution < 1.29 is 25.5 Å². The fourth-order valence-corrected chi connectivity index (χ4v) is 2.25. The van der Waals surface area contributed by atoms with Crippen LogP contribution >= 0.6 is 0 Å². The highest BCUT2D eigenvalue weighted by Crippen LogP contribution is 2.13. The predicted octanol–water partition coefficient (Wildman–Crippen LogP) is 9.94. The monoisotopic (exact) mass is 635 g/mol. The first kappa shape index (κ1) is 57.8. The molecule has 2 unspecified atom stereocenters. The van der Waals surface area contributed by atoms with Gasteiger partial charge in [-0.3, -0.25) is 0 Å². The van der Waals surface area contributed by atoms with E-state index in [1.54, 1.807) is 32.1 Å². The van der Waals surface area contributed by atoms with Gasteiger partial charge in [-0.15, -0.1) is 13.2 Å². The van der Waals surface area contributed by atoms with Gasteiger partial charge in [0, 0.05) is 14.2 Å². The summed E-state index contributed by atoms with van der Waals surface area (Å²) >= 11 is 0. The Morgan fingerprint density at radius 1 is 0.689 bits per heavy atom. The zero-order valence-corrected chi connectivity index (χ0v) is 31.2. The van der Waals surface area contributed by atoms with Crippen LogP contribution < -0.4 is 0 Å². The second kappa shape index (κ2) is 48.1. The van der Waals surface area contributed by atoms with Crippen LogP contribution in [0.3, 0.4) is 0 Å². The normalized spacial score (nSPS) is 10.7. The van der Waals surface area contributed by atoms with E-state index in [1.807, 2.05) is 12.2 Å². The molecule has 0 rings (SSSR count). The number of aliphatic hydroxyl groups is 5. The fourth-order valence-electron chi connectivity index (χ4n) is 2.25. The van der Waals surface area contributed by atoms with E-state index in [0.717, 1.165) is 58.3 Å². The maximum atomic E-state index is 9.49. The van der Waals surface area contributed by atoms with Gasteiger partial charge in [-0.05, 0) is 101 Å². The van der Waals surface area contributed by atoms with Crippen molar-refractivity contribution in [2.24, 2.45) is 0 Å². The highest BCUT2D eigenvalue weighted by molar-refractivity contribution is 5.12. The summed E-state index contributed by atoms with van der Waals surface area (Å²) in [7, 11) is 2.00. The summed E-state index contributed by atoms with van der Waals surface area (Å²) in [6, 6.07) is 0. The summed E-state index contributed by atoms with van der Waals surface area (Å²) in [4.78, 5) is 0. The smallest absolute Gasteiger partial charge is 0.0800 e. The SMILES string of the molecule is C=CC(=C)CCC=C(C)C.C=CC(C)(O)CCC=C(C)C.C=CC(C)O.C=CC=C.CC(C)=CCC/C(C)=C/CO.CO.CO. The molecule has 45 heavy (non-hydrogen) atoms. The van der Waals surface area contributed by atoms with Gasteiger partial charge < -0.3 is 25.5 Å². The quantitative estimate of drug-likeness (QED) is 0.0967. The van der Waals surface area contributed by atoms with Crippen molar-refractivity contribution in [2.45, 2.75) is 113 Å². The Bertz CT molecular complexity index is 804. The second-order valence-corrected chi connectivity index (χ2v) is 10.6. The maximum Gasteiger partial charge on any atom is 0.0800 e. The molecule has 2 atom stereocenters. The van der Waals surface area contributed by atoms with Crippen LogP contribution in [-0.4, -0.2) is 58.1 Å². The number of rotatable bonds is 14. The van der Waals surface area contributed by atoms with Crippen molar-refractivity contribution in [3.8, 4) is 0 Å². The molecule has 0 aliphatic carbocycles. The molecule has 0 radical (unpaired) electrons. The molecule has 5 N–H and O–H groups in total. The molecule has 0 aliphatic rings. The fraction of sp³-hybridized carbons (Fsp3) is 0.500. The first-order chi connectivity index (χ1) is 21.0. The van der Waals surface area contributed by atoms with E-state index in [-0.39, 0.29) is 12.7 Å². The number of hydrogen-bond donors (Lipinski definition) is 5. The maximum absolute atomic E-state index is 9.49. The molecular weight excluding hydrogens is 560 g/mol. The third kappa shape index (κ3) is 85.6. The molecule has 5 nitrogen and oxygen atoms in total. The summed E-state index contributed by atoms with van der Waals surface area (Å²) in [6.45, 7) is 39.2. The molecule has 0 aliphatic heterocycles. The van der Waals surface area contributed by atoms with E-state index in [4.69, 9.17) is 20.4 Å². The first-order valence-electron chi connectivity index (χ1n) is 15.3. The topological polar surface area (TPSA) is 101 Å². The van der Waals surface area contributed by atoms with E-state index in [1.165, 1.54) is 28.4 Å². The van der Waals surface area contributed by atoms with Crippen LogP contribution in [0.25, 0.3) is 0 Å². The Morgan fingerprint density at radius 3 is 1.31 bits per heavy atom. The highest BCUT2D eigenvalue weighted by atomic mass is 16.3. The molecule has 0 bridgehead atoms. The van der Waals surface area contributed by atoms with E-state index in [9.17, 15) is 5.11 Å². The molecular formula is C40H74O5. The minimum atomic E-state index is -0.702. The molecule has 0 spiro atoms. The van der Waals surface area contributed by atoms with Crippen LogP contribution in [-0.2, 0) is 0 Å². The van der Waals surface area contributed by atoms with Gasteiger partial charge in [0.15, 0.2) is 0 Å². The lowest BCUT2D eigenvalue weighted by Gasteiger charge is -2.16. The molecule has 0 saturated carbocycles. The molecule has 0 fully saturated rings. The Balaban J connectivity index is -0.0000000809. The zero-order chi connectivity index (χ0) is 37.3. The molecule has 0 heterocycles. The van der Waals surface area contributed by atoms with Crippen LogP contribution in [0, 0.1) is 0 Å². The summed E-state index contributed by atoms with van der Waals surface area (Å²) in [5, 5.41) is 40.3. The van der Waals surface area contributed by atoms with Crippen LogP contribution in [0.4, 0.5) is 0 Å². The Morgan fingerprint density at radius 2 is 1.04 bits per heavy atom. The van der Waals surface area contributed by atoms with Crippen molar-refractivity contribution in [1.29, 1.82) is 0 Å². The van der Waals surface area contributed by atoms with Crippen molar-refractivity contribution in [3.63, 3.8) is 0 Å². The summed E-state index contributed by atoms with van der Waals surface area (Å²) in [5.74, 6) is 0. The Kier molecular flexibility index (Phi) is 61.8.